The topological polar surface area (TPSA) is 58.5 Å². The molecular formula is C14H14N2O2S. The SMILES string of the molecule is C[C@@H](Cc1cccs1)NC(=O)c1cccc(N=O)c1. The third kappa shape index (κ3) is 3.72. The van der Waals surface area contributed by atoms with E-state index in [1.54, 1.807) is 29.5 Å². The first kappa shape index (κ1) is 13.4. The zero-order valence-corrected chi connectivity index (χ0v) is 11.3. The van der Waals surface area contributed by atoms with Crippen LogP contribution < -0.4 is 5.32 Å². The van der Waals surface area contributed by atoms with Gasteiger partial charge < -0.3 is 5.32 Å². The molecule has 0 aliphatic carbocycles. The zero-order valence-electron chi connectivity index (χ0n) is 10.5. The van der Waals surface area contributed by atoms with Crippen molar-refractivity contribution in [3.63, 3.8) is 0 Å². The number of nitrogens with zero attached hydrogens (tertiary/aromatic N) is 1. The van der Waals surface area contributed by atoms with E-state index in [9.17, 15) is 9.70 Å². The lowest BCUT2D eigenvalue weighted by Crippen LogP contribution is -2.33. The number of amides is 1. The second kappa shape index (κ2) is 6.24. The van der Waals surface area contributed by atoms with Crippen molar-refractivity contribution in [3.05, 3.63) is 57.1 Å². The number of carbonyl (C=O) groups is 1. The van der Waals surface area contributed by atoms with Crippen molar-refractivity contribution in [1.82, 2.24) is 5.32 Å². The number of thiophene rings is 1. The maximum Gasteiger partial charge on any atom is 0.251 e. The Morgan fingerprint density at radius 1 is 1.37 bits per heavy atom. The van der Waals surface area contributed by atoms with Gasteiger partial charge in [-0.1, -0.05) is 12.1 Å². The first-order valence-electron chi connectivity index (χ1n) is 5.95. The molecule has 0 fully saturated rings. The maximum absolute atomic E-state index is 12.0. The minimum atomic E-state index is -0.186. The lowest BCUT2D eigenvalue weighted by atomic mass is 10.1. The van der Waals surface area contributed by atoms with Crippen molar-refractivity contribution >= 4 is 22.9 Å². The molecule has 1 heterocycles. The highest BCUT2D eigenvalue weighted by atomic mass is 32.1. The summed E-state index contributed by atoms with van der Waals surface area (Å²) in [6, 6.07) is 10.5. The van der Waals surface area contributed by atoms with E-state index in [1.807, 2.05) is 24.4 Å². The number of carbonyl (C=O) groups excluding carboxylic acids is 1. The van der Waals surface area contributed by atoms with Gasteiger partial charge in [0.15, 0.2) is 0 Å². The van der Waals surface area contributed by atoms with Crippen LogP contribution in [0, 0.1) is 4.91 Å². The molecule has 1 N–H and O–H groups in total. The third-order valence-corrected chi connectivity index (χ3v) is 3.58. The van der Waals surface area contributed by atoms with Crippen molar-refractivity contribution in [2.75, 3.05) is 0 Å². The van der Waals surface area contributed by atoms with Gasteiger partial charge in [0.2, 0.25) is 0 Å². The van der Waals surface area contributed by atoms with Gasteiger partial charge in [-0.15, -0.1) is 16.2 Å². The van der Waals surface area contributed by atoms with Crippen LogP contribution in [0.2, 0.25) is 0 Å². The Labute approximate surface area is 115 Å². The average molecular weight is 274 g/mol. The Kier molecular flexibility index (Phi) is 4.41. The van der Waals surface area contributed by atoms with Gasteiger partial charge in [-0.05, 0) is 41.7 Å². The Balaban J connectivity index is 1.98. The predicted octanol–water partition coefficient (Wildman–Crippen LogP) is 3.51. The van der Waals surface area contributed by atoms with E-state index in [2.05, 4.69) is 10.5 Å². The molecule has 4 nitrogen and oxygen atoms in total. The first-order chi connectivity index (χ1) is 9.19. The second-order valence-electron chi connectivity index (χ2n) is 4.30. The number of nitrogens with one attached hydrogen (secondary N) is 1. The second-order valence-corrected chi connectivity index (χ2v) is 5.33. The molecule has 0 spiro atoms. The molecule has 0 saturated carbocycles. The molecule has 19 heavy (non-hydrogen) atoms. The molecule has 0 radical (unpaired) electrons. The van der Waals surface area contributed by atoms with E-state index in [0.717, 1.165) is 6.42 Å². The molecule has 0 saturated heterocycles. The molecule has 98 valence electrons. The van der Waals surface area contributed by atoms with Crippen molar-refractivity contribution in [3.8, 4) is 0 Å². The first-order valence-corrected chi connectivity index (χ1v) is 6.83. The summed E-state index contributed by atoms with van der Waals surface area (Å²) in [4.78, 5) is 23.7. The van der Waals surface area contributed by atoms with Crippen LogP contribution in [-0.2, 0) is 6.42 Å². The van der Waals surface area contributed by atoms with Crippen LogP contribution in [0.1, 0.15) is 22.2 Å². The number of hydrogen-bond donors (Lipinski definition) is 1. The molecular weight excluding hydrogens is 260 g/mol. The van der Waals surface area contributed by atoms with E-state index in [-0.39, 0.29) is 17.6 Å². The highest BCUT2D eigenvalue weighted by Gasteiger charge is 2.11. The van der Waals surface area contributed by atoms with Crippen LogP contribution in [0.5, 0.6) is 0 Å². The fraction of sp³-hybridized carbons (Fsp3) is 0.214. The third-order valence-electron chi connectivity index (χ3n) is 2.68. The van der Waals surface area contributed by atoms with Gasteiger partial charge in [0.05, 0.1) is 0 Å². The largest absolute Gasteiger partial charge is 0.349 e. The maximum atomic E-state index is 12.0. The monoisotopic (exact) mass is 274 g/mol. The Morgan fingerprint density at radius 2 is 2.21 bits per heavy atom. The van der Waals surface area contributed by atoms with Gasteiger partial charge in [0.1, 0.15) is 5.69 Å². The van der Waals surface area contributed by atoms with E-state index < -0.39 is 0 Å². The van der Waals surface area contributed by atoms with Gasteiger partial charge >= 0.3 is 0 Å². The van der Waals surface area contributed by atoms with Crippen LogP contribution in [0.3, 0.4) is 0 Å². The van der Waals surface area contributed by atoms with Gasteiger partial charge in [0, 0.05) is 22.9 Å². The van der Waals surface area contributed by atoms with Crippen LogP contribution in [-0.4, -0.2) is 11.9 Å². The lowest BCUT2D eigenvalue weighted by Gasteiger charge is -2.13. The van der Waals surface area contributed by atoms with Crippen LogP contribution in [0.15, 0.2) is 47.0 Å². The summed E-state index contributed by atoms with van der Waals surface area (Å²) in [6.07, 6.45) is 0.801. The van der Waals surface area contributed by atoms with E-state index in [1.165, 1.54) is 10.9 Å². The standard InChI is InChI=1S/C14H14N2O2S/c1-10(8-13-6-3-7-19-13)15-14(17)11-4-2-5-12(9-11)16-18/h2-7,9-10H,8H2,1H3,(H,15,17)/t10-/m0/s1. The predicted molar refractivity (Wildman–Crippen MR) is 76.8 cm³/mol. The highest BCUT2D eigenvalue weighted by molar-refractivity contribution is 7.09. The normalized spacial score (nSPS) is 11.8. The summed E-state index contributed by atoms with van der Waals surface area (Å²) in [5.74, 6) is -0.186. The molecule has 5 heteroatoms. The molecule has 0 aliphatic rings. The Morgan fingerprint density at radius 3 is 2.89 bits per heavy atom. The summed E-state index contributed by atoms with van der Waals surface area (Å²) in [5.41, 5.74) is 0.716. The summed E-state index contributed by atoms with van der Waals surface area (Å²) >= 11 is 1.67. The Hall–Kier alpha value is -2.01. The van der Waals surface area contributed by atoms with Crippen LogP contribution in [0.25, 0.3) is 0 Å². The number of nitroso groups, excluding NO2 is 1. The van der Waals surface area contributed by atoms with Crippen molar-refractivity contribution < 1.29 is 4.79 Å². The average Bonchev–Trinajstić information content (AvgIpc) is 2.91. The number of hydrogen-bond acceptors (Lipinski definition) is 4. The fourth-order valence-electron chi connectivity index (χ4n) is 1.79. The molecule has 2 rings (SSSR count). The van der Waals surface area contributed by atoms with Gasteiger partial charge in [-0.25, -0.2) is 0 Å². The molecule has 1 atom stereocenters. The van der Waals surface area contributed by atoms with Crippen molar-refractivity contribution in [2.24, 2.45) is 5.18 Å². The minimum absolute atomic E-state index is 0.0407. The highest BCUT2D eigenvalue weighted by Crippen LogP contribution is 2.14. The summed E-state index contributed by atoms with van der Waals surface area (Å²) in [5, 5.41) is 7.75. The van der Waals surface area contributed by atoms with Crippen molar-refractivity contribution in [1.29, 1.82) is 0 Å². The van der Waals surface area contributed by atoms with Crippen LogP contribution in [0.4, 0.5) is 5.69 Å². The molecule has 2 aromatic rings. The van der Waals surface area contributed by atoms with E-state index in [4.69, 9.17) is 0 Å². The molecule has 0 unspecified atom stereocenters. The summed E-state index contributed by atoms with van der Waals surface area (Å²) < 4.78 is 0. The molecule has 1 amide bonds. The van der Waals surface area contributed by atoms with E-state index >= 15 is 0 Å². The molecule has 0 bridgehead atoms. The van der Waals surface area contributed by atoms with Gasteiger partial charge in [-0.2, -0.15) is 0 Å². The van der Waals surface area contributed by atoms with Gasteiger partial charge in [0.25, 0.3) is 5.91 Å². The van der Waals surface area contributed by atoms with Crippen molar-refractivity contribution in [2.45, 2.75) is 19.4 Å². The molecule has 0 aliphatic heterocycles. The molecule has 1 aromatic heterocycles. The molecule has 1 aromatic carbocycles. The Bertz CT molecular complexity index is 567. The number of rotatable bonds is 5. The lowest BCUT2D eigenvalue weighted by molar-refractivity contribution is 0.0940. The summed E-state index contributed by atoms with van der Waals surface area (Å²) in [7, 11) is 0. The summed E-state index contributed by atoms with van der Waals surface area (Å²) in [6.45, 7) is 1.96. The van der Waals surface area contributed by atoms with Crippen LogP contribution >= 0.6 is 11.3 Å². The minimum Gasteiger partial charge on any atom is -0.349 e. The van der Waals surface area contributed by atoms with E-state index in [0.29, 0.717) is 5.56 Å². The quantitative estimate of drug-likeness (QED) is 0.848. The zero-order chi connectivity index (χ0) is 13.7. The number of benzene rings is 1. The van der Waals surface area contributed by atoms with Gasteiger partial charge in [-0.3, -0.25) is 4.79 Å². The smallest absolute Gasteiger partial charge is 0.251 e. The fourth-order valence-corrected chi connectivity index (χ4v) is 2.63.